The molecule has 1 atom stereocenters. The normalized spacial score (nSPS) is 12.3. The molecule has 2 rings (SSSR count). The minimum absolute atomic E-state index is 0.212. The number of carbonyl (C=O) groups is 1. The summed E-state index contributed by atoms with van der Waals surface area (Å²) in [6.07, 6.45) is -0.274. The number of carboxylic acids is 1. The summed E-state index contributed by atoms with van der Waals surface area (Å²) in [5, 5.41) is 16.5. The number of carboxylic acid groups (broad SMARTS) is 1. The van der Waals surface area contributed by atoms with Crippen molar-refractivity contribution < 1.29 is 19.1 Å². The lowest BCUT2D eigenvalue weighted by Crippen LogP contribution is -1.95. The molecule has 1 aromatic heterocycles. The van der Waals surface area contributed by atoms with Gasteiger partial charge in [0.15, 0.2) is 0 Å². The largest absolute Gasteiger partial charge is 0.478 e. The van der Waals surface area contributed by atoms with Crippen molar-refractivity contribution in [2.45, 2.75) is 13.0 Å². The van der Waals surface area contributed by atoms with Gasteiger partial charge in [-0.3, -0.25) is 0 Å². The summed E-state index contributed by atoms with van der Waals surface area (Å²) in [5.74, 6) is -0.249. The molecule has 1 heterocycles. The average Bonchev–Trinajstić information content (AvgIpc) is 2.87. The van der Waals surface area contributed by atoms with Gasteiger partial charge in [-0.2, -0.15) is 0 Å². The van der Waals surface area contributed by atoms with Gasteiger partial charge in [0.25, 0.3) is 0 Å². The highest BCUT2D eigenvalue weighted by Gasteiger charge is 2.14. The Balaban J connectivity index is 2.26. The van der Waals surface area contributed by atoms with Crippen molar-refractivity contribution >= 4 is 5.97 Å². The Morgan fingerprint density at radius 2 is 2.00 bits per heavy atom. The molecule has 0 radical (unpaired) electrons. The zero-order valence-corrected chi connectivity index (χ0v) is 9.95. The summed E-state index contributed by atoms with van der Waals surface area (Å²) in [5.41, 5.74) is 0.880. The molecule has 0 saturated carbocycles. The van der Waals surface area contributed by atoms with Gasteiger partial charge in [-0.15, -0.1) is 10.2 Å². The molecule has 0 aliphatic carbocycles. The van der Waals surface area contributed by atoms with Crippen LogP contribution in [0.2, 0.25) is 0 Å². The van der Waals surface area contributed by atoms with Crippen LogP contribution in [0.4, 0.5) is 0 Å². The van der Waals surface area contributed by atoms with Crippen molar-refractivity contribution in [3.63, 3.8) is 0 Å². The zero-order chi connectivity index (χ0) is 13.1. The van der Waals surface area contributed by atoms with Crippen LogP contribution < -0.4 is 0 Å². The third-order valence-corrected chi connectivity index (χ3v) is 2.52. The third kappa shape index (κ3) is 2.38. The van der Waals surface area contributed by atoms with Crippen LogP contribution in [0, 0.1) is 0 Å². The minimum Gasteiger partial charge on any atom is -0.478 e. The van der Waals surface area contributed by atoms with Gasteiger partial charge in [0.1, 0.15) is 6.10 Å². The molecule has 0 aliphatic heterocycles. The molecular formula is C12H12N2O4. The summed E-state index contributed by atoms with van der Waals surface area (Å²) in [4.78, 5) is 10.7. The van der Waals surface area contributed by atoms with E-state index in [4.69, 9.17) is 14.3 Å². The first-order valence-corrected chi connectivity index (χ1v) is 5.31. The van der Waals surface area contributed by atoms with E-state index in [1.807, 2.05) is 0 Å². The van der Waals surface area contributed by atoms with Gasteiger partial charge < -0.3 is 14.3 Å². The van der Waals surface area contributed by atoms with Crippen molar-refractivity contribution in [3.05, 3.63) is 35.7 Å². The molecule has 2 aromatic rings. The summed E-state index contributed by atoms with van der Waals surface area (Å²) in [7, 11) is 1.55. The Bertz CT molecular complexity index is 547. The topological polar surface area (TPSA) is 85.5 Å². The maximum atomic E-state index is 10.7. The highest BCUT2D eigenvalue weighted by molar-refractivity contribution is 5.88. The summed E-state index contributed by atoms with van der Waals surface area (Å²) in [6.45, 7) is 1.80. The molecular weight excluding hydrogens is 236 g/mol. The second-order valence-electron chi connectivity index (χ2n) is 3.71. The Kier molecular flexibility index (Phi) is 3.38. The van der Waals surface area contributed by atoms with Crippen LogP contribution in [0.5, 0.6) is 0 Å². The third-order valence-electron chi connectivity index (χ3n) is 2.52. The van der Waals surface area contributed by atoms with Crippen molar-refractivity contribution in [1.82, 2.24) is 10.2 Å². The van der Waals surface area contributed by atoms with E-state index in [2.05, 4.69) is 10.2 Å². The predicted molar refractivity (Wildman–Crippen MR) is 62.1 cm³/mol. The fourth-order valence-corrected chi connectivity index (χ4v) is 1.37. The Morgan fingerprint density at radius 1 is 1.33 bits per heavy atom. The van der Waals surface area contributed by atoms with Crippen LogP contribution in [0.15, 0.2) is 28.7 Å². The van der Waals surface area contributed by atoms with E-state index in [0.717, 1.165) is 0 Å². The number of hydrogen-bond acceptors (Lipinski definition) is 5. The van der Waals surface area contributed by atoms with Crippen LogP contribution in [0.1, 0.15) is 29.3 Å². The molecule has 6 heteroatoms. The van der Waals surface area contributed by atoms with E-state index in [-0.39, 0.29) is 11.7 Å². The molecule has 18 heavy (non-hydrogen) atoms. The van der Waals surface area contributed by atoms with Crippen molar-refractivity contribution in [2.75, 3.05) is 7.11 Å². The Labute approximate surface area is 103 Å². The van der Waals surface area contributed by atoms with Crippen LogP contribution in [-0.4, -0.2) is 28.4 Å². The van der Waals surface area contributed by atoms with E-state index in [0.29, 0.717) is 17.3 Å². The lowest BCUT2D eigenvalue weighted by molar-refractivity contribution is 0.0697. The maximum absolute atomic E-state index is 10.7. The average molecular weight is 248 g/mol. The second-order valence-corrected chi connectivity index (χ2v) is 3.71. The smallest absolute Gasteiger partial charge is 0.335 e. The highest BCUT2D eigenvalue weighted by atomic mass is 16.5. The van der Waals surface area contributed by atoms with Gasteiger partial charge in [-0.25, -0.2) is 4.79 Å². The maximum Gasteiger partial charge on any atom is 0.335 e. The molecule has 0 amide bonds. The predicted octanol–water partition coefficient (Wildman–Crippen LogP) is 2.14. The summed E-state index contributed by atoms with van der Waals surface area (Å²) in [6, 6.07) is 6.22. The Hall–Kier alpha value is -2.21. The van der Waals surface area contributed by atoms with E-state index < -0.39 is 5.97 Å². The second kappa shape index (κ2) is 4.97. The number of methoxy groups -OCH3 is 1. The molecule has 0 spiro atoms. The molecule has 1 aromatic carbocycles. The van der Waals surface area contributed by atoms with Crippen molar-refractivity contribution in [3.8, 4) is 11.5 Å². The molecule has 0 fully saturated rings. The lowest BCUT2D eigenvalue weighted by atomic mass is 10.1. The van der Waals surface area contributed by atoms with E-state index in [9.17, 15) is 4.79 Å². The molecule has 0 aliphatic rings. The quantitative estimate of drug-likeness (QED) is 0.892. The Morgan fingerprint density at radius 3 is 2.56 bits per heavy atom. The highest BCUT2D eigenvalue weighted by Crippen LogP contribution is 2.22. The molecule has 1 N–H and O–H groups in total. The molecule has 94 valence electrons. The first-order valence-electron chi connectivity index (χ1n) is 5.31. The van der Waals surface area contributed by atoms with Crippen LogP contribution in [-0.2, 0) is 4.74 Å². The van der Waals surface area contributed by atoms with Gasteiger partial charge in [-0.1, -0.05) is 0 Å². The molecule has 0 bridgehead atoms. The standard InChI is InChI=1S/C12H12N2O4/c1-7(17-2)10-13-14-11(18-10)8-3-5-9(6-4-8)12(15)16/h3-7H,1-2H3,(H,15,16). The first-order chi connectivity index (χ1) is 8.61. The van der Waals surface area contributed by atoms with Gasteiger partial charge in [0, 0.05) is 12.7 Å². The number of rotatable bonds is 4. The van der Waals surface area contributed by atoms with Gasteiger partial charge in [0.2, 0.25) is 11.8 Å². The van der Waals surface area contributed by atoms with Crippen LogP contribution in [0.3, 0.4) is 0 Å². The van der Waals surface area contributed by atoms with Crippen molar-refractivity contribution in [1.29, 1.82) is 0 Å². The molecule has 6 nitrogen and oxygen atoms in total. The fraction of sp³-hybridized carbons (Fsp3) is 0.250. The van der Waals surface area contributed by atoms with Crippen molar-refractivity contribution in [2.24, 2.45) is 0 Å². The molecule has 1 unspecified atom stereocenters. The lowest BCUT2D eigenvalue weighted by Gasteiger charge is -2.01. The summed E-state index contributed by atoms with van der Waals surface area (Å²) >= 11 is 0. The zero-order valence-electron chi connectivity index (χ0n) is 9.95. The van der Waals surface area contributed by atoms with E-state index in [1.165, 1.54) is 12.1 Å². The number of aromatic carboxylic acids is 1. The first kappa shape index (κ1) is 12.3. The van der Waals surface area contributed by atoms with E-state index in [1.54, 1.807) is 26.2 Å². The summed E-state index contributed by atoms with van der Waals surface area (Å²) < 4.78 is 10.5. The van der Waals surface area contributed by atoms with Gasteiger partial charge in [-0.05, 0) is 31.2 Å². The minimum atomic E-state index is -0.972. The van der Waals surface area contributed by atoms with Crippen LogP contribution in [0.25, 0.3) is 11.5 Å². The SMILES string of the molecule is COC(C)c1nnc(-c2ccc(C(=O)O)cc2)o1. The van der Waals surface area contributed by atoms with Crippen LogP contribution >= 0.6 is 0 Å². The number of benzene rings is 1. The number of nitrogens with zero attached hydrogens (tertiary/aromatic N) is 2. The van der Waals surface area contributed by atoms with Gasteiger partial charge in [0.05, 0.1) is 5.56 Å². The molecule has 0 saturated heterocycles. The van der Waals surface area contributed by atoms with E-state index >= 15 is 0 Å². The number of hydrogen-bond donors (Lipinski definition) is 1. The number of aromatic nitrogens is 2. The number of ether oxygens (including phenoxy) is 1. The van der Waals surface area contributed by atoms with Gasteiger partial charge >= 0.3 is 5.97 Å². The monoisotopic (exact) mass is 248 g/mol. The fourth-order valence-electron chi connectivity index (χ4n) is 1.37.